The van der Waals surface area contributed by atoms with Gasteiger partial charge in [-0.25, -0.2) is 4.98 Å². The van der Waals surface area contributed by atoms with Crippen molar-refractivity contribution in [2.24, 2.45) is 5.41 Å². The van der Waals surface area contributed by atoms with Gasteiger partial charge in [0, 0.05) is 56.1 Å². The lowest BCUT2D eigenvalue weighted by Crippen LogP contribution is -2.65. The number of anilines is 2. The molecule has 4 rings (SSSR count). The topological polar surface area (TPSA) is 87.4 Å². The molecule has 148 valence electrons. The minimum absolute atomic E-state index is 0.235. The second-order valence-corrected chi connectivity index (χ2v) is 8.13. The Labute approximate surface area is 169 Å². The Morgan fingerprint density at radius 1 is 1.18 bits per heavy atom. The van der Waals surface area contributed by atoms with E-state index in [2.05, 4.69) is 20.2 Å². The van der Waals surface area contributed by atoms with Crippen molar-refractivity contribution in [3.8, 4) is 0 Å². The Hall–Kier alpha value is -2.38. The van der Waals surface area contributed by atoms with E-state index in [9.17, 15) is 4.79 Å². The molecule has 2 aromatic rings. The van der Waals surface area contributed by atoms with Gasteiger partial charge < -0.3 is 20.9 Å². The summed E-state index contributed by atoms with van der Waals surface area (Å²) in [5.74, 6) is 1.36. The maximum atomic E-state index is 13.3. The Balaban J connectivity index is 1.42. The van der Waals surface area contributed by atoms with Crippen LogP contribution in [0.15, 0.2) is 30.3 Å². The van der Waals surface area contributed by atoms with Crippen LogP contribution in [-0.4, -0.2) is 60.0 Å². The van der Waals surface area contributed by atoms with Gasteiger partial charge in [0.1, 0.15) is 5.82 Å². The zero-order chi connectivity index (χ0) is 19.7. The smallest absolute Gasteiger partial charge is 0.231 e. The van der Waals surface area contributed by atoms with Crippen molar-refractivity contribution in [1.82, 2.24) is 20.2 Å². The second-order valence-electron chi connectivity index (χ2n) is 7.69. The van der Waals surface area contributed by atoms with Crippen LogP contribution < -0.4 is 16.0 Å². The molecular weight excluding hydrogens is 376 g/mol. The van der Waals surface area contributed by atoms with Crippen molar-refractivity contribution in [3.63, 3.8) is 0 Å². The summed E-state index contributed by atoms with van der Waals surface area (Å²) in [5, 5.41) is 4.00. The SMILES string of the molecule is Cc1cc(N2CCN(C(=O)C3(Cc4ccc(Cl)cc4)CNC3)CC2)nc(N)n1. The Morgan fingerprint density at radius 2 is 1.86 bits per heavy atom. The molecule has 1 aromatic heterocycles. The third-order valence-corrected chi connectivity index (χ3v) is 5.84. The van der Waals surface area contributed by atoms with Crippen LogP contribution in [0.2, 0.25) is 5.02 Å². The van der Waals surface area contributed by atoms with Gasteiger partial charge >= 0.3 is 0 Å². The third-order valence-electron chi connectivity index (χ3n) is 5.59. The lowest BCUT2D eigenvalue weighted by molar-refractivity contribution is -0.145. The van der Waals surface area contributed by atoms with Crippen molar-refractivity contribution < 1.29 is 4.79 Å². The fraction of sp³-hybridized carbons (Fsp3) is 0.450. The summed E-state index contributed by atoms with van der Waals surface area (Å²) in [6.07, 6.45) is 0.734. The van der Waals surface area contributed by atoms with Gasteiger partial charge in [0.15, 0.2) is 0 Å². The highest BCUT2D eigenvalue weighted by molar-refractivity contribution is 6.30. The van der Waals surface area contributed by atoms with E-state index in [-0.39, 0.29) is 17.3 Å². The number of nitrogen functional groups attached to an aromatic ring is 1. The number of nitrogens with zero attached hydrogens (tertiary/aromatic N) is 4. The number of piperazine rings is 1. The van der Waals surface area contributed by atoms with E-state index in [1.807, 2.05) is 42.2 Å². The van der Waals surface area contributed by atoms with E-state index in [1.54, 1.807) is 0 Å². The first-order chi connectivity index (χ1) is 13.4. The van der Waals surface area contributed by atoms with E-state index in [0.717, 1.165) is 49.7 Å². The van der Waals surface area contributed by atoms with Gasteiger partial charge in [-0.3, -0.25) is 4.79 Å². The van der Waals surface area contributed by atoms with Gasteiger partial charge in [0.25, 0.3) is 0 Å². The van der Waals surface area contributed by atoms with E-state index < -0.39 is 0 Å². The van der Waals surface area contributed by atoms with Crippen molar-refractivity contribution in [2.75, 3.05) is 49.9 Å². The van der Waals surface area contributed by atoms with Crippen LogP contribution in [0.4, 0.5) is 11.8 Å². The molecule has 0 unspecified atom stereocenters. The third kappa shape index (κ3) is 3.77. The van der Waals surface area contributed by atoms with Crippen LogP contribution in [0, 0.1) is 12.3 Å². The summed E-state index contributed by atoms with van der Waals surface area (Å²) in [6, 6.07) is 9.72. The molecule has 2 fully saturated rings. The molecule has 0 atom stereocenters. The summed E-state index contributed by atoms with van der Waals surface area (Å²) in [4.78, 5) is 25.9. The molecule has 3 N–H and O–H groups in total. The van der Waals surface area contributed by atoms with Gasteiger partial charge in [0.05, 0.1) is 5.41 Å². The highest BCUT2D eigenvalue weighted by atomic mass is 35.5. The predicted octanol–water partition coefficient (Wildman–Crippen LogP) is 1.50. The molecule has 0 bridgehead atoms. The number of rotatable bonds is 4. The maximum Gasteiger partial charge on any atom is 0.231 e. The highest BCUT2D eigenvalue weighted by Gasteiger charge is 2.46. The summed E-state index contributed by atoms with van der Waals surface area (Å²) in [5.41, 5.74) is 7.42. The summed E-state index contributed by atoms with van der Waals surface area (Å²) >= 11 is 5.99. The molecule has 1 amide bonds. The minimum atomic E-state index is -0.355. The van der Waals surface area contributed by atoms with Crippen LogP contribution in [0.1, 0.15) is 11.3 Å². The van der Waals surface area contributed by atoms with Gasteiger partial charge in [-0.1, -0.05) is 23.7 Å². The fourth-order valence-corrected chi connectivity index (χ4v) is 4.11. The number of amides is 1. The molecule has 0 spiro atoms. The molecule has 1 aromatic carbocycles. The number of benzene rings is 1. The quantitative estimate of drug-likeness (QED) is 0.808. The predicted molar refractivity (Wildman–Crippen MR) is 110 cm³/mol. The van der Waals surface area contributed by atoms with Gasteiger partial charge in [-0.05, 0) is 31.0 Å². The first-order valence-corrected chi connectivity index (χ1v) is 9.94. The molecule has 2 aliphatic heterocycles. The Kier molecular flexibility index (Phi) is 5.12. The molecule has 8 heteroatoms. The number of hydrogen-bond donors (Lipinski definition) is 2. The average Bonchev–Trinajstić information content (AvgIpc) is 2.65. The second kappa shape index (κ2) is 7.56. The van der Waals surface area contributed by atoms with E-state index in [0.29, 0.717) is 18.1 Å². The lowest BCUT2D eigenvalue weighted by Gasteiger charge is -2.46. The number of aromatic nitrogens is 2. The number of aryl methyl sites for hydroxylation is 1. The lowest BCUT2D eigenvalue weighted by atomic mass is 9.75. The molecule has 2 saturated heterocycles. The molecule has 3 heterocycles. The number of nitrogens with one attached hydrogen (secondary N) is 1. The van der Waals surface area contributed by atoms with E-state index >= 15 is 0 Å². The standard InChI is InChI=1S/C20H25ClN6O/c1-14-10-17(25-19(22)24-14)26-6-8-27(9-7-26)18(28)20(12-23-13-20)11-15-2-4-16(21)5-3-15/h2-5,10,23H,6-9,11-13H2,1H3,(H2,22,24,25). The molecule has 0 radical (unpaired) electrons. The Morgan fingerprint density at radius 3 is 2.43 bits per heavy atom. The number of hydrogen-bond acceptors (Lipinski definition) is 6. The van der Waals surface area contributed by atoms with Crippen molar-refractivity contribution in [3.05, 3.63) is 46.6 Å². The molecule has 7 nitrogen and oxygen atoms in total. The van der Waals surface area contributed by atoms with Crippen LogP contribution in [-0.2, 0) is 11.2 Å². The highest BCUT2D eigenvalue weighted by Crippen LogP contribution is 2.31. The average molecular weight is 401 g/mol. The number of carbonyl (C=O) groups excluding carboxylic acids is 1. The maximum absolute atomic E-state index is 13.3. The zero-order valence-corrected chi connectivity index (χ0v) is 16.7. The Bertz CT molecular complexity index is 839. The first-order valence-electron chi connectivity index (χ1n) is 9.56. The zero-order valence-electron chi connectivity index (χ0n) is 16.0. The number of nitrogens with two attached hydrogens (primary N) is 1. The monoisotopic (exact) mass is 400 g/mol. The first kappa shape index (κ1) is 19.0. The van der Waals surface area contributed by atoms with Gasteiger partial charge in [-0.2, -0.15) is 4.98 Å². The van der Waals surface area contributed by atoms with Gasteiger partial charge in [-0.15, -0.1) is 0 Å². The van der Waals surface area contributed by atoms with Crippen molar-refractivity contribution >= 4 is 29.3 Å². The van der Waals surface area contributed by atoms with Crippen LogP contribution in [0.25, 0.3) is 0 Å². The largest absolute Gasteiger partial charge is 0.368 e. The number of carbonyl (C=O) groups is 1. The van der Waals surface area contributed by atoms with E-state index in [1.165, 1.54) is 0 Å². The molecule has 0 saturated carbocycles. The summed E-state index contributed by atoms with van der Waals surface area (Å²) in [6.45, 7) is 6.20. The van der Waals surface area contributed by atoms with Crippen molar-refractivity contribution in [2.45, 2.75) is 13.3 Å². The van der Waals surface area contributed by atoms with Crippen LogP contribution >= 0.6 is 11.6 Å². The molecule has 2 aliphatic rings. The van der Waals surface area contributed by atoms with E-state index in [4.69, 9.17) is 17.3 Å². The van der Waals surface area contributed by atoms with Crippen molar-refractivity contribution in [1.29, 1.82) is 0 Å². The molecular formula is C20H25ClN6O. The normalized spacial score (nSPS) is 18.6. The van der Waals surface area contributed by atoms with Crippen LogP contribution in [0.3, 0.4) is 0 Å². The fourth-order valence-electron chi connectivity index (χ4n) is 3.98. The van der Waals surface area contributed by atoms with Crippen LogP contribution in [0.5, 0.6) is 0 Å². The minimum Gasteiger partial charge on any atom is -0.368 e. The van der Waals surface area contributed by atoms with Gasteiger partial charge in [0.2, 0.25) is 11.9 Å². The summed E-state index contributed by atoms with van der Waals surface area (Å²) in [7, 11) is 0. The number of halogens is 1. The summed E-state index contributed by atoms with van der Waals surface area (Å²) < 4.78 is 0. The molecule has 28 heavy (non-hydrogen) atoms. The molecule has 0 aliphatic carbocycles.